The van der Waals surface area contributed by atoms with Crippen LogP contribution in [0.1, 0.15) is 6.92 Å². The number of ether oxygens (including phenoxy) is 2. The van der Waals surface area contributed by atoms with Gasteiger partial charge in [-0.25, -0.2) is 0 Å². The zero-order valence-electron chi connectivity index (χ0n) is 8.51. The summed E-state index contributed by atoms with van der Waals surface area (Å²) in [6.07, 6.45) is 0. The first-order valence-corrected chi connectivity index (χ1v) is 4.69. The van der Waals surface area contributed by atoms with Gasteiger partial charge in [-0.15, -0.1) is 0 Å². The van der Waals surface area contributed by atoms with E-state index in [9.17, 15) is 10.1 Å². The molecule has 5 heteroatoms. The van der Waals surface area contributed by atoms with E-state index in [1.165, 1.54) is 12.1 Å². The fourth-order valence-corrected chi connectivity index (χ4v) is 1.05. The Kier molecular flexibility index (Phi) is 4.56. The first-order chi connectivity index (χ1) is 7.24. The molecule has 0 saturated carbocycles. The Morgan fingerprint density at radius 3 is 2.87 bits per heavy atom. The van der Waals surface area contributed by atoms with Crippen LogP contribution >= 0.6 is 0 Å². The summed E-state index contributed by atoms with van der Waals surface area (Å²) < 4.78 is 10.3. The van der Waals surface area contributed by atoms with Gasteiger partial charge in [0.2, 0.25) is 0 Å². The summed E-state index contributed by atoms with van der Waals surface area (Å²) in [5.74, 6) is 0.490. The first-order valence-electron chi connectivity index (χ1n) is 4.69. The van der Waals surface area contributed by atoms with Crippen LogP contribution in [0.2, 0.25) is 0 Å². The van der Waals surface area contributed by atoms with Crippen LogP contribution in [0.15, 0.2) is 24.3 Å². The number of hydrogen-bond donors (Lipinski definition) is 0. The third-order valence-corrected chi connectivity index (χ3v) is 1.73. The molecule has 0 N–H and O–H groups in total. The lowest BCUT2D eigenvalue weighted by molar-refractivity contribution is -0.384. The van der Waals surface area contributed by atoms with Crippen molar-refractivity contribution in [3.05, 3.63) is 34.4 Å². The quantitative estimate of drug-likeness (QED) is 0.410. The second kappa shape index (κ2) is 5.98. The van der Waals surface area contributed by atoms with Crippen LogP contribution in [0.4, 0.5) is 5.69 Å². The second-order valence-electron chi connectivity index (χ2n) is 2.80. The molecule has 0 spiro atoms. The average molecular weight is 211 g/mol. The molecule has 0 aliphatic heterocycles. The van der Waals surface area contributed by atoms with Crippen molar-refractivity contribution >= 4 is 5.69 Å². The lowest BCUT2D eigenvalue weighted by atomic mass is 10.3. The van der Waals surface area contributed by atoms with Crippen molar-refractivity contribution in [2.75, 3.05) is 19.8 Å². The smallest absolute Gasteiger partial charge is 0.273 e. The van der Waals surface area contributed by atoms with Crippen LogP contribution in [-0.2, 0) is 4.74 Å². The molecule has 0 bridgehead atoms. The average Bonchev–Trinajstić information content (AvgIpc) is 2.25. The lowest BCUT2D eigenvalue weighted by Crippen LogP contribution is -2.06. The van der Waals surface area contributed by atoms with E-state index >= 15 is 0 Å². The summed E-state index contributed by atoms with van der Waals surface area (Å²) in [6.45, 7) is 3.42. The van der Waals surface area contributed by atoms with Crippen LogP contribution < -0.4 is 4.74 Å². The van der Waals surface area contributed by atoms with Crippen molar-refractivity contribution in [3.63, 3.8) is 0 Å². The Balaban J connectivity index is 2.47. The maximum absolute atomic E-state index is 10.5. The molecule has 0 saturated heterocycles. The van der Waals surface area contributed by atoms with Crippen molar-refractivity contribution in [1.82, 2.24) is 0 Å². The zero-order valence-corrected chi connectivity index (χ0v) is 8.51. The summed E-state index contributed by atoms with van der Waals surface area (Å²) in [6, 6.07) is 6.09. The molecule has 15 heavy (non-hydrogen) atoms. The fourth-order valence-electron chi connectivity index (χ4n) is 1.05. The number of non-ortho nitro benzene ring substituents is 1. The summed E-state index contributed by atoms with van der Waals surface area (Å²) in [5, 5.41) is 10.5. The predicted octanol–water partition coefficient (Wildman–Crippen LogP) is 2.01. The van der Waals surface area contributed by atoms with Gasteiger partial charge in [0.15, 0.2) is 0 Å². The van der Waals surface area contributed by atoms with Crippen LogP contribution in [0.5, 0.6) is 5.75 Å². The largest absolute Gasteiger partial charge is 0.491 e. The van der Waals surface area contributed by atoms with Crippen LogP contribution in [0.25, 0.3) is 0 Å². The highest BCUT2D eigenvalue weighted by atomic mass is 16.6. The molecule has 5 nitrogen and oxygen atoms in total. The SMILES string of the molecule is CCOCCOc1cccc([N+](=O)[O-])c1. The number of hydrogen-bond acceptors (Lipinski definition) is 4. The lowest BCUT2D eigenvalue weighted by Gasteiger charge is -2.05. The van der Waals surface area contributed by atoms with Crippen LogP contribution in [-0.4, -0.2) is 24.7 Å². The molecular weight excluding hydrogens is 198 g/mol. The van der Waals surface area contributed by atoms with E-state index in [0.717, 1.165) is 0 Å². The Bertz CT molecular complexity index is 327. The molecule has 82 valence electrons. The minimum Gasteiger partial charge on any atom is -0.491 e. The zero-order chi connectivity index (χ0) is 11.1. The normalized spacial score (nSPS) is 9.93. The van der Waals surface area contributed by atoms with E-state index in [-0.39, 0.29) is 5.69 Å². The molecule has 0 amide bonds. The Morgan fingerprint density at radius 1 is 1.40 bits per heavy atom. The third kappa shape index (κ3) is 3.95. The number of nitrogens with zero attached hydrogens (tertiary/aromatic N) is 1. The van der Waals surface area contributed by atoms with E-state index in [1.54, 1.807) is 12.1 Å². The van der Waals surface area contributed by atoms with E-state index in [1.807, 2.05) is 6.92 Å². The van der Waals surface area contributed by atoms with Crippen molar-refractivity contribution in [2.45, 2.75) is 6.92 Å². The summed E-state index contributed by atoms with van der Waals surface area (Å²) in [5.41, 5.74) is 0.0314. The highest BCUT2D eigenvalue weighted by molar-refractivity contribution is 5.37. The molecule has 0 radical (unpaired) electrons. The maximum Gasteiger partial charge on any atom is 0.273 e. The topological polar surface area (TPSA) is 61.6 Å². The molecule has 0 heterocycles. The molecule has 0 aliphatic rings. The van der Waals surface area contributed by atoms with Gasteiger partial charge < -0.3 is 9.47 Å². The highest BCUT2D eigenvalue weighted by Crippen LogP contribution is 2.18. The number of nitro groups is 1. The molecular formula is C10H13NO4. The molecule has 0 unspecified atom stereocenters. The van der Waals surface area contributed by atoms with Gasteiger partial charge in [0, 0.05) is 12.7 Å². The van der Waals surface area contributed by atoms with Crippen LogP contribution in [0, 0.1) is 10.1 Å². The molecule has 1 aromatic carbocycles. The van der Waals surface area contributed by atoms with Gasteiger partial charge in [0.05, 0.1) is 17.6 Å². The van der Waals surface area contributed by atoms with Gasteiger partial charge in [-0.2, -0.15) is 0 Å². The Labute approximate surface area is 87.8 Å². The second-order valence-corrected chi connectivity index (χ2v) is 2.80. The van der Waals surface area contributed by atoms with Gasteiger partial charge in [0.1, 0.15) is 12.4 Å². The van der Waals surface area contributed by atoms with E-state index in [4.69, 9.17) is 9.47 Å². The summed E-state index contributed by atoms with van der Waals surface area (Å²) in [4.78, 5) is 10.0. The monoisotopic (exact) mass is 211 g/mol. The van der Waals surface area contributed by atoms with Crippen molar-refractivity contribution in [2.24, 2.45) is 0 Å². The van der Waals surface area contributed by atoms with Gasteiger partial charge in [-0.3, -0.25) is 10.1 Å². The summed E-state index contributed by atoms with van der Waals surface area (Å²) >= 11 is 0. The van der Waals surface area contributed by atoms with Gasteiger partial charge in [-0.1, -0.05) is 6.07 Å². The summed E-state index contributed by atoms with van der Waals surface area (Å²) in [7, 11) is 0. The van der Waals surface area contributed by atoms with E-state index in [0.29, 0.717) is 25.6 Å². The van der Waals surface area contributed by atoms with Gasteiger partial charge >= 0.3 is 0 Å². The molecule has 0 aliphatic carbocycles. The molecule has 1 aromatic rings. The number of rotatable bonds is 6. The van der Waals surface area contributed by atoms with Crippen LogP contribution in [0.3, 0.4) is 0 Å². The Hall–Kier alpha value is -1.62. The highest BCUT2D eigenvalue weighted by Gasteiger charge is 2.05. The molecule has 0 aromatic heterocycles. The fraction of sp³-hybridized carbons (Fsp3) is 0.400. The van der Waals surface area contributed by atoms with E-state index < -0.39 is 4.92 Å². The van der Waals surface area contributed by atoms with E-state index in [2.05, 4.69) is 0 Å². The maximum atomic E-state index is 10.5. The van der Waals surface area contributed by atoms with Crippen molar-refractivity contribution in [1.29, 1.82) is 0 Å². The molecule has 1 rings (SSSR count). The van der Waals surface area contributed by atoms with Crippen molar-refractivity contribution in [3.8, 4) is 5.75 Å². The number of nitro benzene ring substituents is 1. The minimum absolute atomic E-state index is 0.0314. The number of benzene rings is 1. The Morgan fingerprint density at radius 2 is 2.20 bits per heavy atom. The third-order valence-electron chi connectivity index (χ3n) is 1.73. The minimum atomic E-state index is -0.449. The molecule has 0 atom stereocenters. The first kappa shape index (κ1) is 11.5. The molecule has 0 fully saturated rings. The van der Waals surface area contributed by atoms with Crippen molar-refractivity contribution < 1.29 is 14.4 Å². The predicted molar refractivity (Wildman–Crippen MR) is 55.1 cm³/mol. The standard InChI is InChI=1S/C10H13NO4/c1-2-14-6-7-15-10-5-3-4-9(8-10)11(12)13/h3-5,8H,2,6-7H2,1H3. The van der Waals surface area contributed by atoms with Gasteiger partial charge in [-0.05, 0) is 13.0 Å². The van der Waals surface area contributed by atoms with Gasteiger partial charge in [0.25, 0.3) is 5.69 Å².